The van der Waals surface area contributed by atoms with Crippen LogP contribution in [0.1, 0.15) is 22.3 Å². The number of carboxylic acid groups (broad SMARTS) is 1. The zero-order chi connectivity index (χ0) is 16.7. The molecule has 0 amide bonds. The van der Waals surface area contributed by atoms with Crippen molar-refractivity contribution < 1.29 is 19.4 Å². The fourth-order valence-corrected chi connectivity index (χ4v) is 1.97. The van der Waals surface area contributed by atoms with Gasteiger partial charge in [-0.2, -0.15) is 4.99 Å². The molecule has 0 fully saturated rings. The molecule has 0 atom stereocenters. The van der Waals surface area contributed by atoms with E-state index in [0.717, 1.165) is 0 Å². The molecule has 2 rings (SSSR count). The first-order valence-corrected chi connectivity index (χ1v) is 7.18. The van der Waals surface area contributed by atoms with Gasteiger partial charge in [0, 0.05) is 11.1 Å². The lowest BCUT2D eigenvalue weighted by Gasteiger charge is -2.06. The Labute approximate surface area is 138 Å². The second-order valence-corrected chi connectivity index (χ2v) is 4.78. The number of hydrogen-bond donors (Lipinski definition) is 1. The van der Waals surface area contributed by atoms with E-state index in [9.17, 15) is 9.59 Å². The van der Waals surface area contributed by atoms with Gasteiger partial charge in [0.15, 0.2) is 5.78 Å². The van der Waals surface area contributed by atoms with Crippen LogP contribution in [0.25, 0.3) is 0 Å². The van der Waals surface area contributed by atoms with Crippen LogP contribution in [0.5, 0.6) is 5.75 Å². The van der Waals surface area contributed by atoms with E-state index in [2.05, 4.69) is 22.4 Å². The number of rotatable bonds is 7. The van der Waals surface area contributed by atoms with Crippen molar-refractivity contribution in [3.05, 3.63) is 59.7 Å². The van der Waals surface area contributed by atoms with E-state index in [1.807, 2.05) is 0 Å². The van der Waals surface area contributed by atoms with Gasteiger partial charge in [0.1, 0.15) is 5.75 Å². The van der Waals surface area contributed by atoms with Crippen LogP contribution in [0.15, 0.2) is 53.5 Å². The highest BCUT2D eigenvalue weighted by Crippen LogP contribution is 2.18. The minimum Gasteiger partial charge on any atom is -0.493 e. The van der Waals surface area contributed by atoms with Crippen molar-refractivity contribution >= 4 is 34.8 Å². The lowest BCUT2D eigenvalue weighted by atomic mass is 10.0. The molecule has 0 saturated carbocycles. The van der Waals surface area contributed by atoms with E-state index in [4.69, 9.17) is 9.84 Å². The van der Waals surface area contributed by atoms with Crippen molar-refractivity contribution in [1.82, 2.24) is 0 Å². The molecule has 1 N–H and O–H groups in total. The molecule has 0 aliphatic rings. The Morgan fingerprint density at radius 1 is 1.04 bits per heavy atom. The lowest BCUT2D eigenvalue weighted by molar-refractivity contribution is -0.137. The van der Waals surface area contributed by atoms with E-state index in [1.54, 1.807) is 48.5 Å². The predicted octanol–water partition coefficient (Wildman–Crippen LogP) is 3.51. The van der Waals surface area contributed by atoms with Gasteiger partial charge in [-0.15, -0.1) is 0 Å². The fraction of sp³-hybridized carbons (Fsp3) is 0.118. The monoisotopic (exact) mass is 327 g/mol. The van der Waals surface area contributed by atoms with Gasteiger partial charge < -0.3 is 9.84 Å². The first-order valence-electron chi connectivity index (χ1n) is 6.77. The Morgan fingerprint density at radius 2 is 1.61 bits per heavy atom. The van der Waals surface area contributed by atoms with E-state index in [1.165, 1.54) is 0 Å². The van der Waals surface area contributed by atoms with Gasteiger partial charge in [0.2, 0.25) is 0 Å². The Bertz CT molecular complexity index is 747. The summed E-state index contributed by atoms with van der Waals surface area (Å²) in [6.07, 6.45) is -0.0722. The molecule has 0 heterocycles. The van der Waals surface area contributed by atoms with Crippen molar-refractivity contribution in [3.63, 3.8) is 0 Å². The third-order valence-electron chi connectivity index (χ3n) is 3.01. The summed E-state index contributed by atoms with van der Waals surface area (Å²) in [6.45, 7) is 0.0878. The average molecular weight is 327 g/mol. The number of aliphatic imine (C=N–C) groups is 1. The second-order valence-electron chi connectivity index (χ2n) is 4.60. The lowest BCUT2D eigenvalue weighted by Crippen LogP contribution is -2.05. The number of aliphatic carboxylic acids is 1. The minimum absolute atomic E-state index is 0.0722. The van der Waals surface area contributed by atoms with Gasteiger partial charge >= 0.3 is 5.97 Å². The molecule has 0 spiro atoms. The third kappa shape index (κ3) is 4.85. The molecular formula is C17H13NO4S. The molecule has 0 aliphatic carbocycles. The zero-order valence-electron chi connectivity index (χ0n) is 12.1. The smallest absolute Gasteiger partial charge is 0.306 e. The maximum Gasteiger partial charge on any atom is 0.306 e. The number of nitrogens with zero attached hydrogens (tertiary/aromatic N) is 1. The summed E-state index contributed by atoms with van der Waals surface area (Å²) in [4.78, 5) is 26.6. The normalized spacial score (nSPS) is 9.74. The molecule has 5 nitrogen and oxygen atoms in total. The van der Waals surface area contributed by atoms with Crippen molar-refractivity contribution in [2.75, 3.05) is 6.61 Å². The van der Waals surface area contributed by atoms with Crippen LogP contribution in [0.4, 0.5) is 5.69 Å². The van der Waals surface area contributed by atoms with Crippen LogP contribution < -0.4 is 4.74 Å². The summed E-state index contributed by atoms with van der Waals surface area (Å²) in [5, 5.41) is 10.8. The maximum absolute atomic E-state index is 12.3. The van der Waals surface area contributed by atoms with Gasteiger partial charge in [-0.25, -0.2) is 0 Å². The van der Waals surface area contributed by atoms with Gasteiger partial charge in [-0.3, -0.25) is 9.59 Å². The van der Waals surface area contributed by atoms with E-state index in [0.29, 0.717) is 22.6 Å². The number of carboxylic acids is 1. The molecule has 6 heteroatoms. The van der Waals surface area contributed by atoms with Crippen molar-refractivity contribution in [3.8, 4) is 5.75 Å². The number of hydrogen-bond acceptors (Lipinski definition) is 5. The first-order chi connectivity index (χ1) is 11.1. The summed E-state index contributed by atoms with van der Waals surface area (Å²) < 4.78 is 5.28. The maximum atomic E-state index is 12.3. The highest BCUT2D eigenvalue weighted by molar-refractivity contribution is 7.78. The van der Waals surface area contributed by atoms with Gasteiger partial charge in [0.05, 0.1) is 23.9 Å². The third-order valence-corrected chi connectivity index (χ3v) is 3.10. The summed E-state index contributed by atoms with van der Waals surface area (Å²) in [5.41, 5.74) is 1.69. The molecule has 0 saturated heterocycles. The van der Waals surface area contributed by atoms with Crippen LogP contribution >= 0.6 is 12.2 Å². The Kier molecular flexibility index (Phi) is 5.74. The number of thiocarbonyl (C=S) groups is 1. The van der Waals surface area contributed by atoms with Crippen LogP contribution in [-0.4, -0.2) is 28.6 Å². The number of carbonyl (C=O) groups excluding carboxylic acids is 1. The van der Waals surface area contributed by atoms with Gasteiger partial charge in [-0.1, -0.05) is 0 Å². The fourth-order valence-electron chi connectivity index (χ4n) is 1.87. The number of isothiocyanates is 1. The molecule has 23 heavy (non-hydrogen) atoms. The SMILES string of the molecule is O=C(O)CCOc1ccc(C(=O)c2ccc(N=C=S)cc2)cc1. The highest BCUT2D eigenvalue weighted by atomic mass is 32.1. The Morgan fingerprint density at radius 3 is 2.13 bits per heavy atom. The molecule has 0 aromatic heterocycles. The Balaban J connectivity index is 2.04. The van der Waals surface area contributed by atoms with Crippen molar-refractivity contribution in [1.29, 1.82) is 0 Å². The summed E-state index contributed by atoms with van der Waals surface area (Å²) in [6, 6.07) is 13.3. The highest BCUT2D eigenvalue weighted by Gasteiger charge is 2.09. The van der Waals surface area contributed by atoms with Crippen LogP contribution in [0.3, 0.4) is 0 Å². The molecule has 0 unspecified atom stereocenters. The zero-order valence-corrected chi connectivity index (χ0v) is 12.9. The second kappa shape index (κ2) is 7.98. The topological polar surface area (TPSA) is 76.0 Å². The molecule has 0 radical (unpaired) electrons. The predicted molar refractivity (Wildman–Crippen MR) is 88.8 cm³/mol. The van der Waals surface area contributed by atoms with E-state index >= 15 is 0 Å². The molecule has 2 aromatic carbocycles. The first kappa shape index (κ1) is 16.5. The van der Waals surface area contributed by atoms with Crippen LogP contribution in [0, 0.1) is 0 Å². The van der Waals surface area contributed by atoms with Gasteiger partial charge in [0.25, 0.3) is 0 Å². The summed E-state index contributed by atoms with van der Waals surface area (Å²) >= 11 is 4.52. The van der Waals surface area contributed by atoms with Gasteiger partial charge in [-0.05, 0) is 60.7 Å². The molecular weight excluding hydrogens is 314 g/mol. The van der Waals surface area contributed by atoms with E-state index in [-0.39, 0.29) is 18.8 Å². The molecule has 116 valence electrons. The number of carbonyl (C=O) groups is 2. The summed E-state index contributed by atoms with van der Waals surface area (Å²) in [7, 11) is 0. The summed E-state index contributed by atoms with van der Waals surface area (Å²) in [5.74, 6) is -0.522. The van der Waals surface area contributed by atoms with Crippen molar-refractivity contribution in [2.24, 2.45) is 4.99 Å². The standard InChI is InChI=1S/C17H13NO4S/c19-16(20)9-10-22-15-7-3-13(4-8-15)17(21)12-1-5-14(6-2-12)18-11-23/h1-8H,9-10H2,(H,19,20). The van der Waals surface area contributed by atoms with E-state index < -0.39 is 5.97 Å². The Hall–Kier alpha value is -2.82. The molecule has 0 bridgehead atoms. The van der Waals surface area contributed by atoms with Crippen LogP contribution in [-0.2, 0) is 4.79 Å². The molecule has 2 aromatic rings. The van der Waals surface area contributed by atoms with Crippen molar-refractivity contribution in [2.45, 2.75) is 6.42 Å². The average Bonchev–Trinajstić information content (AvgIpc) is 2.55. The number of benzene rings is 2. The largest absolute Gasteiger partial charge is 0.493 e. The molecule has 0 aliphatic heterocycles. The number of ketones is 1. The number of ether oxygens (including phenoxy) is 1. The minimum atomic E-state index is -0.918. The quantitative estimate of drug-likeness (QED) is 0.478. The van der Waals surface area contributed by atoms with Crippen LogP contribution in [0.2, 0.25) is 0 Å².